The number of amides is 1. The highest BCUT2D eigenvalue weighted by Crippen LogP contribution is 2.06. The molecule has 0 aromatic carbocycles. The maximum atomic E-state index is 11.9. The molecule has 0 aliphatic heterocycles. The normalized spacial score (nSPS) is 10.7. The van der Waals surface area contributed by atoms with Gasteiger partial charge in [-0.05, 0) is 27.2 Å². The van der Waals surface area contributed by atoms with Crippen molar-refractivity contribution in [2.45, 2.75) is 33.6 Å². The predicted octanol–water partition coefficient (Wildman–Crippen LogP) is 0.395. The van der Waals surface area contributed by atoms with Gasteiger partial charge in [0.1, 0.15) is 11.6 Å². The van der Waals surface area contributed by atoms with Gasteiger partial charge in [0, 0.05) is 24.7 Å². The lowest BCUT2D eigenvalue weighted by atomic mass is 10.1. The van der Waals surface area contributed by atoms with Crippen LogP contribution in [-0.4, -0.2) is 30.6 Å². The first-order chi connectivity index (χ1) is 9.86. The third kappa shape index (κ3) is 3.53. The van der Waals surface area contributed by atoms with Gasteiger partial charge in [-0.15, -0.1) is 0 Å². The first-order valence-electron chi connectivity index (χ1n) is 6.60. The standard InChI is InChI=1S/C13H18N6O2/c1-7-10(12(21)15-8(2)14-7)5-6-11(20)17-13-16-9(3)18-19(13)4/h5-6H2,1-4H3,(H,14,15,21)(H,16,17,18,20). The van der Waals surface area contributed by atoms with Crippen molar-refractivity contribution >= 4 is 11.9 Å². The molecule has 2 aromatic heterocycles. The summed E-state index contributed by atoms with van der Waals surface area (Å²) in [5.74, 6) is 1.33. The number of nitrogens with zero attached hydrogens (tertiary/aromatic N) is 4. The second-order valence-corrected chi connectivity index (χ2v) is 4.87. The minimum Gasteiger partial charge on any atom is -0.311 e. The summed E-state index contributed by atoms with van der Waals surface area (Å²) in [6.07, 6.45) is 0.512. The second-order valence-electron chi connectivity index (χ2n) is 4.87. The number of carbonyl (C=O) groups excluding carboxylic acids is 1. The van der Waals surface area contributed by atoms with Crippen LogP contribution < -0.4 is 10.9 Å². The summed E-state index contributed by atoms with van der Waals surface area (Å²) in [6.45, 7) is 5.24. The van der Waals surface area contributed by atoms with Crippen LogP contribution in [0.4, 0.5) is 5.95 Å². The highest BCUT2D eigenvalue weighted by atomic mass is 16.2. The molecule has 1 amide bonds. The van der Waals surface area contributed by atoms with Gasteiger partial charge in [-0.3, -0.25) is 14.9 Å². The summed E-state index contributed by atoms with van der Waals surface area (Å²) in [7, 11) is 1.70. The van der Waals surface area contributed by atoms with E-state index in [4.69, 9.17) is 0 Å². The molecule has 8 heteroatoms. The van der Waals surface area contributed by atoms with Crippen LogP contribution in [0.5, 0.6) is 0 Å². The first kappa shape index (κ1) is 14.9. The monoisotopic (exact) mass is 290 g/mol. The molecule has 0 radical (unpaired) electrons. The Kier molecular flexibility index (Phi) is 4.15. The summed E-state index contributed by atoms with van der Waals surface area (Å²) in [5.41, 5.74) is 0.991. The van der Waals surface area contributed by atoms with E-state index in [0.29, 0.717) is 35.3 Å². The Morgan fingerprint density at radius 1 is 1.29 bits per heavy atom. The topological polar surface area (TPSA) is 106 Å². The Balaban J connectivity index is 2.02. The molecule has 0 fully saturated rings. The van der Waals surface area contributed by atoms with E-state index in [2.05, 4.69) is 25.4 Å². The molecule has 8 nitrogen and oxygen atoms in total. The number of H-pyrrole nitrogens is 1. The molecule has 0 saturated carbocycles. The molecule has 0 spiro atoms. The van der Waals surface area contributed by atoms with E-state index >= 15 is 0 Å². The number of hydrogen-bond donors (Lipinski definition) is 2. The molecule has 2 N–H and O–H groups in total. The van der Waals surface area contributed by atoms with E-state index in [0.717, 1.165) is 0 Å². The Bertz CT molecular complexity index is 731. The zero-order valence-electron chi connectivity index (χ0n) is 12.5. The van der Waals surface area contributed by atoms with E-state index < -0.39 is 0 Å². The fourth-order valence-corrected chi connectivity index (χ4v) is 2.09. The Morgan fingerprint density at radius 2 is 2.00 bits per heavy atom. The smallest absolute Gasteiger partial charge is 0.254 e. The lowest BCUT2D eigenvalue weighted by Crippen LogP contribution is -2.21. The number of hydrogen-bond acceptors (Lipinski definition) is 5. The van der Waals surface area contributed by atoms with Crippen LogP contribution in [0.15, 0.2) is 4.79 Å². The van der Waals surface area contributed by atoms with Gasteiger partial charge in [-0.1, -0.05) is 0 Å². The number of aryl methyl sites for hydroxylation is 4. The van der Waals surface area contributed by atoms with Crippen LogP contribution in [0.3, 0.4) is 0 Å². The zero-order chi connectivity index (χ0) is 15.6. The molecule has 0 atom stereocenters. The number of nitrogens with one attached hydrogen (secondary N) is 2. The van der Waals surface area contributed by atoms with Gasteiger partial charge in [0.05, 0.1) is 0 Å². The average Bonchev–Trinajstić information content (AvgIpc) is 2.66. The molecule has 0 saturated heterocycles. The lowest BCUT2D eigenvalue weighted by molar-refractivity contribution is -0.116. The Morgan fingerprint density at radius 3 is 2.57 bits per heavy atom. The van der Waals surface area contributed by atoms with Gasteiger partial charge < -0.3 is 4.98 Å². The zero-order valence-corrected chi connectivity index (χ0v) is 12.5. The van der Waals surface area contributed by atoms with E-state index in [1.807, 2.05) is 0 Å². The van der Waals surface area contributed by atoms with Crippen LogP contribution in [0.25, 0.3) is 0 Å². The van der Waals surface area contributed by atoms with Crippen molar-refractivity contribution in [1.82, 2.24) is 24.7 Å². The van der Waals surface area contributed by atoms with Crippen molar-refractivity contribution < 1.29 is 4.79 Å². The van der Waals surface area contributed by atoms with Gasteiger partial charge >= 0.3 is 0 Å². The Labute approximate surface area is 121 Å². The van der Waals surface area contributed by atoms with E-state index in [9.17, 15) is 9.59 Å². The molecule has 2 rings (SSSR count). The fourth-order valence-electron chi connectivity index (χ4n) is 2.09. The van der Waals surface area contributed by atoms with Crippen LogP contribution in [0.2, 0.25) is 0 Å². The van der Waals surface area contributed by atoms with Crippen molar-refractivity contribution in [3.05, 3.63) is 33.3 Å². The fraction of sp³-hybridized carbons (Fsp3) is 0.462. The maximum absolute atomic E-state index is 11.9. The first-order valence-corrected chi connectivity index (χ1v) is 6.60. The van der Waals surface area contributed by atoms with Crippen LogP contribution in [-0.2, 0) is 18.3 Å². The van der Waals surface area contributed by atoms with Crippen LogP contribution in [0, 0.1) is 20.8 Å². The molecular formula is C13H18N6O2. The lowest BCUT2D eigenvalue weighted by Gasteiger charge is -2.06. The maximum Gasteiger partial charge on any atom is 0.254 e. The van der Waals surface area contributed by atoms with E-state index in [1.54, 1.807) is 27.8 Å². The third-order valence-electron chi connectivity index (χ3n) is 3.06. The number of aromatic amines is 1. The van der Waals surface area contributed by atoms with Gasteiger partial charge in [0.25, 0.3) is 5.56 Å². The van der Waals surface area contributed by atoms with Crippen molar-refractivity contribution in [3.63, 3.8) is 0 Å². The molecule has 0 aliphatic rings. The third-order valence-corrected chi connectivity index (χ3v) is 3.06. The molecule has 2 aromatic rings. The molecule has 0 unspecified atom stereocenters. The molecule has 21 heavy (non-hydrogen) atoms. The number of aromatic nitrogens is 5. The number of rotatable bonds is 4. The highest BCUT2D eigenvalue weighted by Gasteiger charge is 2.12. The average molecular weight is 290 g/mol. The van der Waals surface area contributed by atoms with Crippen molar-refractivity contribution in [3.8, 4) is 0 Å². The molecule has 2 heterocycles. The van der Waals surface area contributed by atoms with Gasteiger partial charge in [-0.2, -0.15) is 10.1 Å². The minimum absolute atomic E-state index is 0.181. The summed E-state index contributed by atoms with van der Waals surface area (Å²) in [4.78, 5) is 34.7. The highest BCUT2D eigenvalue weighted by molar-refractivity contribution is 5.89. The van der Waals surface area contributed by atoms with Crippen LogP contribution >= 0.6 is 0 Å². The summed E-state index contributed by atoms with van der Waals surface area (Å²) in [5, 5.41) is 6.72. The predicted molar refractivity (Wildman–Crippen MR) is 77.0 cm³/mol. The summed E-state index contributed by atoms with van der Waals surface area (Å²) in [6, 6.07) is 0. The SMILES string of the molecule is Cc1nc(NC(=O)CCc2c(C)nc(C)[nH]c2=O)n(C)n1. The van der Waals surface area contributed by atoms with Gasteiger partial charge in [-0.25, -0.2) is 9.67 Å². The van der Waals surface area contributed by atoms with Gasteiger partial charge in [0.2, 0.25) is 11.9 Å². The van der Waals surface area contributed by atoms with Crippen molar-refractivity contribution in [1.29, 1.82) is 0 Å². The molecule has 112 valence electrons. The van der Waals surface area contributed by atoms with Crippen molar-refractivity contribution in [2.75, 3.05) is 5.32 Å². The van der Waals surface area contributed by atoms with Crippen LogP contribution in [0.1, 0.15) is 29.3 Å². The molecule has 0 aliphatic carbocycles. The largest absolute Gasteiger partial charge is 0.311 e. The quantitative estimate of drug-likeness (QED) is 0.847. The van der Waals surface area contributed by atoms with E-state index in [1.165, 1.54) is 4.68 Å². The summed E-state index contributed by atoms with van der Waals surface area (Å²) >= 11 is 0. The number of carbonyl (C=O) groups is 1. The van der Waals surface area contributed by atoms with E-state index in [-0.39, 0.29) is 17.9 Å². The van der Waals surface area contributed by atoms with Gasteiger partial charge in [0.15, 0.2) is 0 Å². The van der Waals surface area contributed by atoms with Crippen molar-refractivity contribution in [2.24, 2.45) is 7.05 Å². The second kappa shape index (κ2) is 5.86. The summed E-state index contributed by atoms with van der Waals surface area (Å²) < 4.78 is 1.50. The molecule has 0 bridgehead atoms. The molecular weight excluding hydrogens is 272 g/mol. The Hall–Kier alpha value is -2.51. The minimum atomic E-state index is -0.218. The number of anilines is 1.